The Kier molecular flexibility index (Phi) is 3.59. The van der Waals surface area contributed by atoms with E-state index in [9.17, 15) is 14.0 Å². The lowest BCUT2D eigenvalue weighted by atomic mass is 9.90. The number of hydrogen-bond donors (Lipinski definition) is 2. The quantitative estimate of drug-likeness (QED) is 0.817. The second kappa shape index (κ2) is 5.27. The minimum atomic E-state index is -0.866. The molecule has 1 aromatic rings. The van der Waals surface area contributed by atoms with Gasteiger partial charge in [0.1, 0.15) is 11.4 Å². The summed E-state index contributed by atoms with van der Waals surface area (Å²) >= 11 is 5.89. The van der Waals surface area contributed by atoms with Crippen LogP contribution >= 0.6 is 11.6 Å². The molecule has 2 N–H and O–H groups in total. The summed E-state index contributed by atoms with van der Waals surface area (Å²) in [6, 6.07) is 3.90. The molecule has 3 amide bonds. The van der Waals surface area contributed by atoms with Crippen LogP contribution in [0.4, 0.5) is 9.18 Å². The predicted molar refractivity (Wildman–Crippen MR) is 75.3 cm³/mol. The lowest BCUT2D eigenvalue weighted by Gasteiger charge is -2.31. The van der Waals surface area contributed by atoms with Gasteiger partial charge in [0, 0.05) is 6.54 Å². The number of hydrogen-bond acceptors (Lipinski definition) is 3. The molecular formula is C14H15ClFN3O2. The van der Waals surface area contributed by atoms with E-state index >= 15 is 0 Å². The van der Waals surface area contributed by atoms with Crippen LogP contribution in [0, 0.1) is 5.82 Å². The van der Waals surface area contributed by atoms with E-state index in [-0.39, 0.29) is 17.5 Å². The Balaban J connectivity index is 1.84. The Bertz CT molecular complexity index is 602. The average Bonchev–Trinajstić information content (AvgIpc) is 2.69. The van der Waals surface area contributed by atoms with Crippen molar-refractivity contribution >= 4 is 23.5 Å². The number of imide groups is 1. The van der Waals surface area contributed by atoms with Crippen molar-refractivity contribution < 1.29 is 14.0 Å². The van der Waals surface area contributed by atoms with E-state index in [0.29, 0.717) is 18.5 Å². The van der Waals surface area contributed by atoms with Crippen LogP contribution in [0.15, 0.2) is 18.2 Å². The molecule has 0 radical (unpaired) electrons. The van der Waals surface area contributed by atoms with Gasteiger partial charge in [-0.15, -0.1) is 0 Å². The third-order valence-corrected chi connectivity index (χ3v) is 4.41. The van der Waals surface area contributed by atoms with E-state index in [0.717, 1.165) is 17.9 Å². The number of piperidine rings is 1. The molecule has 2 aliphatic heterocycles. The number of carbonyl (C=O) groups excluding carboxylic acids is 2. The molecule has 1 atom stereocenters. The molecule has 2 fully saturated rings. The highest BCUT2D eigenvalue weighted by molar-refractivity contribution is 6.31. The second-order valence-electron chi connectivity index (χ2n) is 5.40. The first-order chi connectivity index (χ1) is 10.0. The van der Waals surface area contributed by atoms with Gasteiger partial charge in [-0.25, -0.2) is 9.18 Å². The summed E-state index contributed by atoms with van der Waals surface area (Å²) in [6.07, 6.45) is 1.43. The lowest BCUT2D eigenvalue weighted by Crippen LogP contribution is -2.57. The first kappa shape index (κ1) is 14.3. The number of halogens is 2. The van der Waals surface area contributed by atoms with Crippen LogP contribution in [0.5, 0.6) is 0 Å². The highest BCUT2D eigenvalue weighted by atomic mass is 35.5. The molecule has 0 saturated carbocycles. The van der Waals surface area contributed by atoms with Gasteiger partial charge in [0.05, 0.1) is 11.6 Å². The van der Waals surface area contributed by atoms with Gasteiger partial charge in [-0.1, -0.05) is 23.7 Å². The first-order valence-electron chi connectivity index (χ1n) is 6.81. The lowest BCUT2D eigenvalue weighted by molar-refractivity contribution is -0.132. The second-order valence-corrected chi connectivity index (χ2v) is 5.77. The molecular weight excluding hydrogens is 297 g/mol. The largest absolute Gasteiger partial charge is 0.325 e. The molecule has 21 heavy (non-hydrogen) atoms. The molecule has 5 nitrogen and oxygen atoms in total. The minimum absolute atomic E-state index is 0.0248. The first-order valence-corrected chi connectivity index (χ1v) is 7.19. The van der Waals surface area contributed by atoms with Gasteiger partial charge in [-0.2, -0.15) is 0 Å². The van der Waals surface area contributed by atoms with E-state index < -0.39 is 17.4 Å². The van der Waals surface area contributed by atoms with Crippen molar-refractivity contribution in [3.8, 4) is 0 Å². The summed E-state index contributed by atoms with van der Waals surface area (Å²) in [5.74, 6) is -0.838. The number of amides is 3. The van der Waals surface area contributed by atoms with Gasteiger partial charge in [-0.05, 0) is 31.0 Å². The fourth-order valence-corrected chi connectivity index (χ4v) is 3.04. The molecule has 1 aromatic carbocycles. The summed E-state index contributed by atoms with van der Waals surface area (Å²) < 4.78 is 13.4. The molecule has 2 heterocycles. The number of rotatable bonds is 2. The van der Waals surface area contributed by atoms with Gasteiger partial charge in [-0.3, -0.25) is 9.69 Å². The van der Waals surface area contributed by atoms with Crippen LogP contribution in [-0.2, 0) is 11.3 Å². The van der Waals surface area contributed by atoms with Crippen molar-refractivity contribution in [3.63, 3.8) is 0 Å². The fraction of sp³-hybridized carbons (Fsp3) is 0.429. The van der Waals surface area contributed by atoms with E-state index in [1.165, 1.54) is 12.1 Å². The highest BCUT2D eigenvalue weighted by Crippen LogP contribution is 2.28. The van der Waals surface area contributed by atoms with Crippen LogP contribution in [0.2, 0.25) is 5.02 Å². The molecule has 2 aliphatic rings. The highest BCUT2D eigenvalue weighted by Gasteiger charge is 2.51. The van der Waals surface area contributed by atoms with Crippen LogP contribution in [-0.4, -0.2) is 35.5 Å². The summed E-state index contributed by atoms with van der Waals surface area (Å²) in [7, 11) is 0. The monoisotopic (exact) mass is 311 g/mol. The molecule has 0 aliphatic carbocycles. The predicted octanol–water partition coefficient (Wildman–Crippen LogP) is 1.65. The van der Waals surface area contributed by atoms with Crippen molar-refractivity contribution in [1.82, 2.24) is 15.5 Å². The van der Waals surface area contributed by atoms with Crippen LogP contribution in [0.25, 0.3) is 0 Å². The van der Waals surface area contributed by atoms with E-state index in [2.05, 4.69) is 10.6 Å². The van der Waals surface area contributed by atoms with Gasteiger partial charge in [0.2, 0.25) is 0 Å². The molecule has 2 saturated heterocycles. The number of urea groups is 1. The van der Waals surface area contributed by atoms with Gasteiger partial charge >= 0.3 is 6.03 Å². The maximum absolute atomic E-state index is 13.4. The standard InChI is InChI=1S/C14H15ClFN3O2/c15-11-9(3-1-4-10(11)16)7-19-12(20)14(18-13(19)21)5-2-6-17-8-14/h1,3-4,17H,2,5-8H2,(H,18,21). The van der Waals surface area contributed by atoms with E-state index in [1.807, 2.05) is 0 Å². The van der Waals surface area contributed by atoms with Crippen LogP contribution in [0.1, 0.15) is 18.4 Å². The number of nitrogens with one attached hydrogen (secondary N) is 2. The zero-order chi connectivity index (χ0) is 15.0. The Morgan fingerprint density at radius 2 is 2.19 bits per heavy atom. The molecule has 3 rings (SSSR count). The number of benzene rings is 1. The Hall–Kier alpha value is -1.66. The minimum Gasteiger partial charge on any atom is -0.322 e. The molecule has 7 heteroatoms. The average molecular weight is 312 g/mol. The molecule has 0 bridgehead atoms. The SMILES string of the molecule is O=C1NC2(CCCNC2)C(=O)N1Cc1cccc(F)c1Cl. The summed E-state index contributed by atoms with van der Waals surface area (Å²) in [5.41, 5.74) is -0.448. The topological polar surface area (TPSA) is 61.4 Å². The number of carbonyl (C=O) groups is 2. The van der Waals surface area contributed by atoms with Gasteiger partial charge < -0.3 is 10.6 Å². The van der Waals surface area contributed by atoms with Crippen molar-refractivity contribution in [2.45, 2.75) is 24.9 Å². The third kappa shape index (κ3) is 2.38. The maximum atomic E-state index is 13.4. The van der Waals surface area contributed by atoms with E-state index in [1.54, 1.807) is 6.07 Å². The Morgan fingerprint density at radius 3 is 2.90 bits per heavy atom. The zero-order valence-electron chi connectivity index (χ0n) is 11.3. The normalized spacial score (nSPS) is 25.5. The molecule has 1 unspecified atom stereocenters. The fourth-order valence-electron chi connectivity index (χ4n) is 2.86. The van der Waals surface area contributed by atoms with Crippen molar-refractivity contribution in [2.75, 3.05) is 13.1 Å². The van der Waals surface area contributed by atoms with Crippen molar-refractivity contribution in [3.05, 3.63) is 34.6 Å². The zero-order valence-corrected chi connectivity index (χ0v) is 12.0. The molecule has 112 valence electrons. The summed E-state index contributed by atoms with van der Waals surface area (Å²) in [5, 5.41) is 5.83. The summed E-state index contributed by atoms with van der Waals surface area (Å²) in [6.45, 7) is 1.23. The van der Waals surface area contributed by atoms with Crippen LogP contribution in [0.3, 0.4) is 0 Å². The van der Waals surface area contributed by atoms with Gasteiger partial charge in [0.25, 0.3) is 5.91 Å². The Labute approximate surface area is 126 Å². The van der Waals surface area contributed by atoms with Crippen LogP contribution < -0.4 is 10.6 Å². The summed E-state index contributed by atoms with van der Waals surface area (Å²) in [4.78, 5) is 25.8. The van der Waals surface area contributed by atoms with Crippen molar-refractivity contribution in [1.29, 1.82) is 0 Å². The smallest absolute Gasteiger partial charge is 0.322 e. The third-order valence-electron chi connectivity index (χ3n) is 3.99. The van der Waals surface area contributed by atoms with E-state index in [4.69, 9.17) is 11.6 Å². The molecule has 0 aromatic heterocycles. The van der Waals surface area contributed by atoms with Crippen molar-refractivity contribution in [2.24, 2.45) is 0 Å². The maximum Gasteiger partial charge on any atom is 0.325 e. The van der Waals surface area contributed by atoms with Gasteiger partial charge in [0.15, 0.2) is 0 Å². The molecule has 1 spiro atoms. The number of nitrogens with zero attached hydrogens (tertiary/aromatic N) is 1. The Morgan fingerprint density at radius 1 is 1.38 bits per heavy atom.